The van der Waals surface area contributed by atoms with E-state index in [0.717, 1.165) is 31.5 Å². The Labute approximate surface area is 156 Å². The number of hydrogen-bond acceptors (Lipinski definition) is 6. The first-order valence-electron chi connectivity index (χ1n) is 8.94. The number of Topliss-reactive ketones (excluding diaryl/α,β-unsaturated/α-hetero) is 1. The fourth-order valence-corrected chi connectivity index (χ4v) is 3.28. The third-order valence-electron chi connectivity index (χ3n) is 4.83. The van der Waals surface area contributed by atoms with Crippen molar-refractivity contribution in [3.8, 4) is 11.4 Å². The minimum Gasteiger partial charge on any atom is -0.339 e. The van der Waals surface area contributed by atoms with Crippen LogP contribution < -0.4 is 0 Å². The second-order valence-electron chi connectivity index (χ2n) is 6.68. The molecule has 0 unspecified atom stereocenters. The minimum absolute atomic E-state index is 0.00473. The Kier molecular flexibility index (Phi) is 5.02. The normalized spacial score (nSPS) is 15.7. The molecule has 27 heavy (non-hydrogen) atoms. The summed E-state index contributed by atoms with van der Waals surface area (Å²) >= 11 is 0. The number of carbonyl (C=O) groups is 1. The van der Waals surface area contributed by atoms with E-state index < -0.39 is 0 Å². The lowest BCUT2D eigenvalue weighted by atomic mass is 9.96. The van der Waals surface area contributed by atoms with Crippen molar-refractivity contribution in [2.75, 3.05) is 19.6 Å². The van der Waals surface area contributed by atoms with E-state index in [0.29, 0.717) is 23.8 Å². The van der Waals surface area contributed by atoms with E-state index in [1.54, 1.807) is 12.4 Å². The summed E-state index contributed by atoms with van der Waals surface area (Å²) in [5.74, 6) is 1.05. The monoisotopic (exact) mass is 366 g/mol. The Morgan fingerprint density at radius 3 is 2.67 bits per heavy atom. The zero-order valence-electron chi connectivity index (χ0n) is 14.7. The summed E-state index contributed by atoms with van der Waals surface area (Å²) in [5.41, 5.74) is 1.37. The maximum absolute atomic E-state index is 13.0. The number of aromatic nitrogens is 3. The number of carbonyl (C=O) groups excluding carboxylic acids is 1. The van der Waals surface area contributed by atoms with Crippen LogP contribution in [0.1, 0.15) is 35.0 Å². The van der Waals surface area contributed by atoms with Crippen LogP contribution in [-0.4, -0.2) is 45.4 Å². The molecular weight excluding hydrogens is 347 g/mol. The standard InChI is InChI=1S/C20H19FN4O2/c21-17-5-3-14(4-6-17)18(26)13-25-10-7-15(8-11-25)20-23-19(24-27-20)16-2-1-9-22-12-16/h1-6,9,12,15H,7-8,10-11,13H2. The highest BCUT2D eigenvalue weighted by molar-refractivity contribution is 5.97. The smallest absolute Gasteiger partial charge is 0.230 e. The van der Waals surface area contributed by atoms with Crippen LogP contribution in [0.25, 0.3) is 11.4 Å². The van der Waals surface area contributed by atoms with Gasteiger partial charge in [0.15, 0.2) is 5.78 Å². The van der Waals surface area contributed by atoms with Gasteiger partial charge in [-0.05, 0) is 62.3 Å². The number of piperidine rings is 1. The summed E-state index contributed by atoms with van der Waals surface area (Å²) in [6, 6.07) is 9.42. The van der Waals surface area contributed by atoms with Gasteiger partial charge in [0, 0.05) is 29.4 Å². The topological polar surface area (TPSA) is 72.1 Å². The van der Waals surface area contributed by atoms with Gasteiger partial charge in [-0.3, -0.25) is 14.7 Å². The van der Waals surface area contributed by atoms with Crippen molar-refractivity contribution in [3.05, 3.63) is 66.1 Å². The van der Waals surface area contributed by atoms with Gasteiger partial charge in [0.1, 0.15) is 5.82 Å². The van der Waals surface area contributed by atoms with Crippen LogP contribution in [0.4, 0.5) is 4.39 Å². The van der Waals surface area contributed by atoms with Crippen molar-refractivity contribution in [2.45, 2.75) is 18.8 Å². The average molecular weight is 366 g/mol. The molecule has 0 aliphatic carbocycles. The molecule has 138 valence electrons. The van der Waals surface area contributed by atoms with Gasteiger partial charge < -0.3 is 4.52 Å². The summed E-state index contributed by atoms with van der Waals surface area (Å²) < 4.78 is 18.4. The molecule has 6 nitrogen and oxygen atoms in total. The third kappa shape index (κ3) is 4.09. The Bertz CT molecular complexity index is 903. The van der Waals surface area contributed by atoms with E-state index >= 15 is 0 Å². The lowest BCUT2D eigenvalue weighted by Gasteiger charge is -2.29. The quantitative estimate of drug-likeness (QED) is 0.645. The number of likely N-dealkylation sites (tertiary alicyclic amines) is 1. The number of pyridine rings is 1. The van der Waals surface area contributed by atoms with Crippen molar-refractivity contribution in [1.29, 1.82) is 0 Å². The first-order valence-corrected chi connectivity index (χ1v) is 8.94. The zero-order valence-corrected chi connectivity index (χ0v) is 14.7. The highest BCUT2D eigenvalue weighted by Crippen LogP contribution is 2.28. The molecule has 3 aromatic rings. The van der Waals surface area contributed by atoms with Crippen molar-refractivity contribution in [2.24, 2.45) is 0 Å². The lowest BCUT2D eigenvalue weighted by molar-refractivity contribution is 0.0904. The molecule has 3 heterocycles. The van der Waals surface area contributed by atoms with Crippen LogP contribution in [0.2, 0.25) is 0 Å². The number of benzene rings is 1. The summed E-state index contributed by atoms with van der Waals surface area (Å²) in [6.45, 7) is 1.90. The molecule has 0 N–H and O–H groups in total. The van der Waals surface area contributed by atoms with E-state index in [1.807, 2.05) is 12.1 Å². The second kappa shape index (κ2) is 7.75. The molecule has 1 aliphatic rings. The van der Waals surface area contributed by atoms with Crippen LogP contribution in [0.5, 0.6) is 0 Å². The Morgan fingerprint density at radius 1 is 1.19 bits per heavy atom. The fraction of sp³-hybridized carbons (Fsp3) is 0.300. The molecule has 0 bridgehead atoms. The number of ketones is 1. The number of halogens is 1. The van der Waals surface area contributed by atoms with Gasteiger partial charge in [-0.15, -0.1) is 0 Å². The lowest BCUT2D eigenvalue weighted by Crippen LogP contribution is -2.36. The van der Waals surface area contributed by atoms with E-state index in [2.05, 4.69) is 20.0 Å². The van der Waals surface area contributed by atoms with Crippen LogP contribution >= 0.6 is 0 Å². The molecule has 0 spiro atoms. The van der Waals surface area contributed by atoms with Crippen molar-refractivity contribution >= 4 is 5.78 Å². The summed E-state index contributed by atoms with van der Waals surface area (Å²) in [7, 11) is 0. The van der Waals surface area contributed by atoms with E-state index in [4.69, 9.17) is 4.52 Å². The SMILES string of the molecule is O=C(CN1CCC(c2nc(-c3cccnc3)no2)CC1)c1ccc(F)cc1. The highest BCUT2D eigenvalue weighted by atomic mass is 19.1. The van der Waals surface area contributed by atoms with Gasteiger partial charge in [-0.1, -0.05) is 5.16 Å². The molecule has 1 fully saturated rings. The Morgan fingerprint density at radius 2 is 1.96 bits per heavy atom. The first-order chi connectivity index (χ1) is 13.2. The number of nitrogens with zero attached hydrogens (tertiary/aromatic N) is 4. The Hall–Kier alpha value is -2.93. The van der Waals surface area contributed by atoms with Crippen molar-refractivity contribution in [3.63, 3.8) is 0 Å². The number of rotatable bonds is 5. The highest BCUT2D eigenvalue weighted by Gasteiger charge is 2.26. The van der Waals surface area contributed by atoms with Crippen LogP contribution in [0, 0.1) is 5.82 Å². The van der Waals surface area contributed by atoms with Gasteiger partial charge in [0.05, 0.1) is 6.54 Å². The summed E-state index contributed by atoms with van der Waals surface area (Å²) in [4.78, 5) is 23.0. The molecule has 1 aliphatic heterocycles. The van der Waals surface area contributed by atoms with Gasteiger partial charge in [0.25, 0.3) is 0 Å². The van der Waals surface area contributed by atoms with Crippen LogP contribution in [0.3, 0.4) is 0 Å². The van der Waals surface area contributed by atoms with Gasteiger partial charge in [-0.2, -0.15) is 4.98 Å². The van der Waals surface area contributed by atoms with Gasteiger partial charge in [-0.25, -0.2) is 4.39 Å². The molecule has 0 radical (unpaired) electrons. The molecule has 0 amide bonds. The van der Waals surface area contributed by atoms with Crippen molar-refractivity contribution < 1.29 is 13.7 Å². The van der Waals surface area contributed by atoms with Gasteiger partial charge >= 0.3 is 0 Å². The molecule has 4 rings (SSSR count). The average Bonchev–Trinajstić information content (AvgIpc) is 3.20. The fourth-order valence-electron chi connectivity index (χ4n) is 3.28. The maximum atomic E-state index is 13.0. The van der Waals surface area contributed by atoms with Crippen LogP contribution in [0.15, 0.2) is 53.3 Å². The molecule has 1 saturated heterocycles. The van der Waals surface area contributed by atoms with E-state index in [9.17, 15) is 9.18 Å². The molecule has 2 aromatic heterocycles. The molecule has 0 atom stereocenters. The largest absolute Gasteiger partial charge is 0.339 e. The van der Waals surface area contributed by atoms with E-state index in [1.165, 1.54) is 24.3 Å². The van der Waals surface area contributed by atoms with Crippen molar-refractivity contribution in [1.82, 2.24) is 20.0 Å². The molecule has 7 heteroatoms. The third-order valence-corrected chi connectivity index (χ3v) is 4.83. The molecule has 0 saturated carbocycles. The minimum atomic E-state index is -0.336. The number of hydrogen-bond donors (Lipinski definition) is 0. The zero-order chi connectivity index (χ0) is 18.6. The first kappa shape index (κ1) is 17.5. The van der Waals surface area contributed by atoms with Crippen LogP contribution in [-0.2, 0) is 0 Å². The summed E-state index contributed by atoms with van der Waals surface area (Å²) in [6.07, 6.45) is 5.11. The summed E-state index contributed by atoms with van der Waals surface area (Å²) in [5, 5.41) is 4.05. The van der Waals surface area contributed by atoms with Gasteiger partial charge in [0.2, 0.25) is 11.7 Å². The molecular formula is C20H19FN4O2. The second-order valence-corrected chi connectivity index (χ2v) is 6.68. The molecule has 1 aromatic carbocycles. The van der Waals surface area contributed by atoms with E-state index in [-0.39, 0.29) is 17.5 Å². The predicted molar refractivity (Wildman–Crippen MR) is 96.7 cm³/mol. The predicted octanol–water partition coefficient (Wildman–Crippen LogP) is 3.33. The maximum Gasteiger partial charge on any atom is 0.230 e. The Balaban J connectivity index is 1.33.